The molecule has 0 spiro atoms. The van der Waals surface area contributed by atoms with E-state index in [2.05, 4.69) is 0 Å². The van der Waals surface area contributed by atoms with Gasteiger partial charge in [0.1, 0.15) is 0 Å². The number of carbonyl (C=O) groups is 3. The predicted octanol–water partition coefficient (Wildman–Crippen LogP) is 1.49. The van der Waals surface area contributed by atoms with E-state index in [0.717, 1.165) is 0 Å². The molecule has 0 bridgehead atoms. The molecule has 4 amide bonds. The Kier molecular flexibility index (Phi) is 8.72. The SMILES string of the molecule is CCN(CC)C(=O)CN(C)C(=O)C1CCN(C(=O)N(CC)CC)CC1. The van der Waals surface area contributed by atoms with Crippen LogP contribution >= 0.6 is 0 Å². The van der Waals surface area contributed by atoms with Crippen LogP contribution in [0.1, 0.15) is 40.5 Å². The molecule has 0 radical (unpaired) electrons. The third kappa shape index (κ3) is 5.61. The van der Waals surface area contributed by atoms with Crippen molar-refractivity contribution in [2.45, 2.75) is 40.5 Å². The fourth-order valence-corrected chi connectivity index (χ4v) is 3.28. The fourth-order valence-electron chi connectivity index (χ4n) is 3.28. The summed E-state index contributed by atoms with van der Waals surface area (Å²) in [6.07, 6.45) is 1.32. The van der Waals surface area contributed by atoms with Crippen molar-refractivity contribution in [1.82, 2.24) is 19.6 Å². The Balaban J connectivity index is 2.52. The molecule has 0 atom stereocenters. The number of nitrogens with zero attached hydrogens (tertiary/aromatic N) is 4. The topological polar surface area (TPSA) is 64.2 Å². The summed E-state index contributed by atoms with van der Waals surface area (Å²) in [7, 11) is 1.69. The van der Waals surface area contributed by atoms with Crippen molar-refractivity contribution >= 4 is 17.8 Å². The Morgan fingerprint density at radius 2 is 1.36 bits per heavy atom. The molecule has 0 unspecified atom stereocenters. The van der Waals surface area contributed by atoms with Crippen LogP contribution in [-0.4, -0.2) is 90.3 Å². The average Bonchev–Trinajstić information content (AvgIpc) is 2.63. The van der Waals surface area contributed by atoms with Gasteiger partial charge in [0.15, 0.2) is 0 Å². The molecule has 144 valence electrons. The standard InChI is InChI=1S/C18H34N4O3/c1-6-20(7-2)16(23)14-19(5)17(24)15-10-12-22(13-11-15)18(25)21(8-3)9-4/h15H,6-14H2,1-5H3. The Labute approximate surface area is 151 Å². The zero-order valence-electron chi connectivity index (χ0n) is 16.5. The van der Waals surface area contributed by atoms with E-state index in [0.29, 0.717) is 52.1 Å². The molecule has 0 aliphatic carbocycles. The molecule has 1 heterocycles. The molecule has 0 aromatic carbocycles. The molecule has 0 aromatic rings. The summed E-state index contributed by atoms with van der Waals surface area (Å²) in [6.45, 7) is 11.9. The normalized spacial score (nSPS) is 15.0. The van der Waals surface area contributed by atoms with Gasteiger partial charge in [-0.05, 0) is 40.5 Å². The van der Waals surface area contributed by atoms with Gasteiger partial charge in [0, 0.05) is 52.2 Å². The molecule has 1 saturated heterocycles. The molecular formula is C18H34N4O3. The van der Waals surface area contributed by atoms with Crippen molar-refractivity contribution in [3.8, 4) is 0 Å². The summed E-state index contributed by atoms with van der Waals surface area (Å²) in [4.78, 5) is 44.0. The molecule has 7 heteroatoms. The molecule has 25 heavy (non-hydrogen) atoms. The maximum absolute atomic E-state index is 12.6. The van der Waals surface area contributed by atoms with Gasteiger partial charge in [-0.2, -0.15) is 0 Å². The molecule has 0 aromatic heterocycles. The molecule has 1 aliphatic heterocycles. The molecule has 0 saturated carbocycles. The van der Waals surface area contributed by atoms with E-state index in [9.17, 15) is 14.4 Å². The summed E-state index contributed by atoms with van der Waals surface area (Å²) in [6, 6.07) is 0.0564. The maximum Gasteiger partial charge on any atom is 0.319 e. The highest BCUT2D eigenvalue weighted by molar-refractivity contribution is 5.86. The van der Waals surface area contributed by atoms with E-state index in [4.69, 9.17) is 0 Å². The number of likely N-dealkylation sites (tertiary alicyclic amines) is 1. The molecule has 0 N–H and O–H groups in total. The van der Waals surface area contributed by atoms with Gasteiger partial charge >= 0.3 is 6.03 Å². The smallest absolute Gasteiger partial charge is 0.319 e. The van der Waals surface area contributed by atoms with Gasteiger partial charge in [0.25, 0.3) is 0 Å². The van der Waals surface area contributed by atoms with Crippen molar-refractivity contribution in [3.05, 3.63) is 0 Å². The van der Waals surface area contributed by atoms with Crippen LogP contribution in [0, 0.1) is 5.92 Å². The van der Waals surface area contributed by atoms with Crippen LogP contribution in [0.15, 0.2) is 0 Å². The largest absolute Gasteiger partial charge is 0.342 e. The Bertz CT molecular complexity index is 453. The van der Waals surface area contributed by atoms with E-state index in [1.165, 1.54) is 4.90 Å². The van der Waals surface area contributed by atoms with Crippen LogP contribution in [0.4, 0.5) is 4.79 Å². The second-order valence-electron chi connectivity index (χ2n) is 6.48. The highest BCUT2D eigenvalue weighted by atomic mass is 16.2. The van der Waals surface area contributed by atoms with Crippen LogP contribution in [0.2, 0.25) is 0 Å². The minimum Gasteiger partial charge on any atom is -0.342 e. The van der Waals surface area contributed by atoms with Gasteiger partial charge in [0.05, 0.1) is 6.54 Å². The Hall–Kier alpha value is -1.79. The van der Waals surface area contributed by atoms with Crippen LogP contribution in [0.25, 0.3) is 0 Å². The summed E-state index contributed by atoms with van der Waals surface area (Å²) in [5, 5.41) is 0. The lowest BCUT2D eigenvalue weighted by Gasteiger charge is -2.36. The Morgan fingerprint density at radius 1 is 0.880 bits per heavy atom. The highest BCUT2D eigenvalue weighted by Gasteiger charge is 2.31. The second kappa shape index (κ2) is 10.3. The lowest BCUT2D eigenvalue weighted by molar-refractivity contribution is -0.142. The van der Waals surface area contributed by atoms with Crippen molar-refractivity contribution in [2.75, 3.05) is 52.9 Å². The molecule has 7 nitrogen and oxygen atoms in total. The second-order valence-corrected chi connectivity index (χ2v) is 6.48. The number of piperidine rings is 1. The molecule has 1 aliphatic rings. The number of carbonyl (C=O) groups excluding carboxylic acids is 3. The number of urea groups is 1. The first-order chi connectivity index (χ1) is 11.9. The van der Waals surface area contributed by atoms with Gasteiger partial charge in [-0.15, -0.1) is 0 Å². The predicted molar refractivity (Wildman–Crippen MR) is 98.2 cm³/mol. The minimum atomic E-state index is -0.102. The number of likely N-dealkylation sites (N-methyl/N-ethyl adjacent to an activating group) is 2. The van der Waals surface area contributed by atoms with E-state index < -0.39 is 0 Å². The molecular weight excluding hydrogens is 320 g/mol. The third-order valence-corrected chi connectivity index (χ3v) is 5.01. The van der Waals surface area contributed by atoms with E-state index in [-0.39, 0.29) is 30.3 Å². The zero-order chi connectivity index (χ0) is 19.0. The van der Waals surface area contributed by atoms with Crippen LogP contribution in [0.3, 0.4) is 0 Å². The number of hydrogen-bond donors (Lipinski definition) is 0. The first-order valence-corrected chi connectivity index (χ1v) is 9.45. The number of hydrogen-bond acceptors (Lipinski definition) is 3. The minimum absolute atomic E-state index is 0.00967. The number of rotatable bonds is 7. The monoisotopic (exact) mass is 354 g/mol. The summed E-state index contributed by atoms with van der Waals surface area (Å²) >= 11 is 0. The quantitative estimate of drug-likeness (QED) is 0.696. The van der Waals surface area contributed by atoms with Crippen molar-refractivity contribution in [1.29, 1.82) is 0 Å². The van der Waals surface area contributed by atoms with Crippen LogP contribution in [0.5, 0.6) is 0 Å². The van der Waals surface area contributed by atoms with E-state index in [1.807, 2.05) is 32.6 Å². The van der Waals surface area contributed by atoms with Crippen molar-refractivity contribution < 1.29 is 14.4 Å². The molecule has 1 fully saturated rings. The highest BCUT2D eigenvalue weighted by Crippen LogP contribution is 2.20. The van der Waals surface area contributed by atoms with Gasteiger partial charge in [-0.3, -0.25) is 9.59 Å². The fraction of sp³-hybridized carbons (Fsp3) is 0.833. The lowest BCUT2D eigenvalue weighted by atomic mass is 9.95. The van der Waals surface area contributed by atoms with Crippen LogP contribution < -0.4 is 0 Å². The average molecular weight is 354 g/mol. The van der Waals surface area contributed by atoms with E-state index in [1.54, 1.807) is 16.8 Å². The van der Waals surface area contributed by atoms with Crippen molar-refractivity contribution in [3.63, 3.8) is 0 Å². The van der Waals surface area contributed by atoms with Gasteiger partial charge in [0.2, 0.25) is 11.8 Å². The lowest BCUT2D eigenvalue weighted by Crippen LogP contribution is -2.49. The zero-order valence-corrected chi connectivity index (χ0v) is 16.5. The first-order valence-electron chi connectivity index (χ1n) is 9.45. The number of amides is 4. The molecule has 1 rings (SSSR count). The van der Waals surface area contributed by atoms with Crippen molar-refractivity contribution in [2.24, 2.45) is 5.92 Å². The summed E-state index contributed by atoms with van der Waals surface area (Å²) in [5.41, 5.74) is 0. The maximum atomic E-state index is 12.6. The van der Waals surface area contributed by atoms with Gasteiger partial charge in [-0.1, -0.05) is 0 Å². The van der Waals surface area contributed by atoms with E-state index >= 15 is 0 Å². The Morgan fingerprint density at radius 3 is 1.80 bits per heavy atom. The summed E-state index contributed by atoms with van der Waals surface area (Å²) < 4.78 is 0. The van der Waals surface area contributed by atoms with Crippen LogP contribution in [-0.2, 0) is 9.59 Å². The van der Waals surface area contributed by atoms with Gasteiger partial charge < -0.3 is 19.6 Å². The first kappa shape index (κ1) is 21.3. The third-order valence-electron chi connectivity index (χ3n) is 5.01. The van der Waals surface area contributed by atoms with Gasteiger partial charge in [-0.25, -0.2) is 4.79 Å². The summed E-state index contributed by atoms with van der Waals surface area (Å²) in [5.74, 6) is -0.110.